The average molecular weight is 280 g/mol. The highest BCUT2D eigenvalue weighted by atomic mass is 19.3. The summed E-state index contributed by atoms with van der Waals surface area (Å²) in [5.74, 6) is 0.0887. The second-order valence-electron chi connectivity index (χ2n) is 3.86. The first-order valence-corrected chi connectivity index (χ1v) is 5.58. The van der Waals surface area contributed by atoms with Crippen LogP contribution in [-0.4, -0.2) is 23.2 Å². The van der Waals surface area contributed by atoms with E-state index in [0.29, 0.717) is 17.4 Å². The van der Waals surface area contributed by atoms with Gasteiger partial charge in [0.25, 0.3) is 5.56 Å². The fourth-order valence-electron chi connectivity index (χ4n) is 1.67. The number of rotatable bonds is 4. The summed E-state index contributed by atoms with van der Waals surface area (Å²) in [6, 6.07) is 7.05. The van der Waals surface area contributed by atoms with E-state index in [1.54, 1.807) is 0 Å². The fourth-order valence-corrected chi connectivity index (χ4v) is 1.67. The molecule has 0 atom stereocenters. The van der Waals surface area contributed by atoms with Crippen LogP contribution in [0.3, 0.4) is 0 Å². The average Bonchev–Trinajstić information content (AvgIpc) is 2.46. The lowest BCUT2D eigenvalue weighted by Gasteiger charge is -2.10. The number of benzene rings is 1. The van der Waals surface area contributed by atoms with Crippen LogP contribution in [0.25, 0.3) is 11.3 Å². The molecule has 0 saturated heterocycles. The van der Waals surface area contributed by atoms with Gasteiger partial charge in [0, 0.05) is 17.2 Å². The first kappa shape index (κ1) is 13.9. The quantitative estimate of drug-likeness (QED) is 0.805. The van der Waals surface area contributed by atoms with Crippen molar-refractivity contribution in [1.82, 2.24) is 9.78 Å². The van der Waals surface area contributed by atoms with Crippen LogP contribution in [0, 0.1) is 0 Å². The highest BCUT2D eigenvalue weighted by Crippen LogP contribution is 2.26. The van der Waals surface area contributed by atoms with E-state index in [2.05, 4.69) is 5.10 Å². The minimum Gasteiger partial charge on any atom is -0.494 e. The molecule has 0 aliphatic carbocycles. The molecule has 5 nitrogen and oxygen atoms in total. The molecular weight excluding hydrogens is 270 g/mol. The molecule has 0 saturated carbocycles. The van der Waals surface area contributed by atoms with Crippen LogP contribution in [0.2, 0.25) is 0 Å². The Morgan fingerprint density at radius 3 is 2.45 bits per heavy atom. The zero-order valence-electron chi connectivity index (χ0n) is 10.4. The Morgan fingerprint density at radius 1 is 1.30 bits per heavy atom. The second-order valence-corrected chi connectivity index (χ2v) is 3.86. The number of hydrogen-bond donors (Lipinski definition) is 0. The van der Waals surface area contributed by atoms with Crippen LogP contribution in [0.1, 0.15) is 16.9 Å². The van der Waals surface area contributed by atoms with E-state index in [9.17, 15) is 18.4 Å². The van der Waals surface area contributed by atoms with Crippen molar-refractivity contribution in [3.63, 3.8) is 0 Å². The molecule has 7 heteroatoms. The molecule has 2 aromatic rings. The highest BCUT2D eigenvalue weighted by molar-refractivity contribution is 5.77. The van der Waals surface area contributed by atoms with Gasteiger partial charge in [0.15, 0.2) is 5.75 Å². The van der Waals surface area contributed by atoms with Crippen molar-refractivity contribution in [1.29, 1.82) is 0 Å². The Hall–Kier alpha value is -2.57. The molecule has 104 valence electrons. The number of carbonyl (C=O) groups excluding carboxylic acids is 1. The van der Waals surface area contributed by atoms with Gasteiger partial charge in [0.2, 0.25) is 0 Å². The number of ether oxygens (including phenoxy) is 1. The summed E-state index contributed by atoms with van der Waals surface area (Å²) in [5, 5.41) is 3.61. The van der Waals surface area contributed by atoms with Gasteiger partial charge in [-0.1, -0.05) is 24.3 Å². The van der Waals surface area contributed by atoms with Crippen molar-refractivity contribution in [3.05, 3.63) is 46.2 Å². The molecule has 0 aliphatic heterocycles. The van der Waals surface area contributed by atoms with E-state index in [1.807, 2.05) is 0 Å². The van der Waals surface area contributed by atoms with Crippen molar-refractivity contribution < 1.29 is 18.3 Å². The molecule has 1 aromatic carbocycles. The van der Waals surface area contributed by atoms with E-state index in [4.69, 9.17) is 4.74 Å². The Balaban J connectivity index is 2.61. The normalized spacial score (nSPS) is 10.6. The lowest BCUT2D eigenvalue weighted by atomic mass is 10.1. The number of carbonyl (C=O) groups is 1. The molecule has 0 spiro atoms. The third kappa shape index (κ3) is 2.56. The first-order chi connectivity index (χ1) is 9.56. The molecule has 0 radical (unpaired) electrons. The number of aromatic nitrogens is 2. The zero-order valence-corrected chi connectivity index (χ0v) is 10.4. The summed E-state index contributed by atoms with van der Waals surface area (Å²) in [7, 11) is 1.31. The smallest absolute Gasteiger partial charge is 0.336 e. The molecule has 0 fully saturated rings. The number of halogens is 2. The summed E-state index contributed by atoms with van der Waals surface area (Å²) < 4.78 is 30.4. The maximum atomic E-state index is 12.7. The van der Waals surface area contributed by atoms with Gasteiger partial charge in [-0.2, -0.15) is 18.6 Å². The van der Waals surface area contributed by atoms with E-state index in [0.717, 1.165) is 6.07 Å². The lowest BCUT2D eigenvalue weighted by molar-refractivity contribution is 0.0512. The third-order valence-electron chi connectivity index (χ3n) is 2.65. The van der Waals surface area contributed by atoms with E-state index >= 15 is 0 Å². The van der Waals surface area contributed by atoms with Gasteiger partial charge in [0.05, 0.1) is 7.11 Å². The largest absolute Gasteiger partial charge is 0.494 e. The molecule has 0 N–H and O–H groups in total. The van der Waals surface area contributed by atoms with Crippen molar-refractivity contribution in [3.8, 4) is 17.0 Å². The molecule has 20 heavy (non-hydrogen) atoms. The molecule has 1 aromatic heterocycles. The Bertz CT molecular complexity index is 681. The summed E-state index contributed by atoms with van der Waals surface area (Å²) in [5.41, 5.74) is 0.0479. The van der Waals surface area contributed by atoms with E-state index in [1.165, 1.54) is 31.4 Å². The molecule has 0 aliphatic rings. The van der Waals surface area contributed by atoms with Gasteiger partial charge < -0.3 is 4.74 Å². The van der Waals surface area contributed by atoms with Gasteiger partial charge in [-0.05, 0) is 0 Å². The SMILES string of the molecule is COc1cc(=O)n(C(F)F)nc1-c1ccc(C=O)cc1. The van der Waals surface area contributed by atoms with Gasteiger partial charge in [0.1, 0.15) is 12.0 Å². The van der Waals surface area contributed by atoms with Crippen molar-refractivity contribution in [2.24, 2.45) is 0 Å². The summed E-state index contributed by atoms with van der Waals surface area (Å²) in [6.45, 7) is -3.04. The van der Waals surface area contributed by atoms with Gasteiger partial charge in [-0.15, -0.1) is 0 Å². The molecule has 2 rings (SSSR count). The number of methoxy groups -OCH3 is 1. The van der Waals surface area contributed by atoms with Crippen molar-refractivity contribution >= 4 is 6.29 Å². The number of aldehydes is 1. The highest BCUT2D eigenvalue weighted by Gasteiger charge is 2.16. The van der Waals surface area contributed by atoms with E-state index in [-0.39, 0.29) is 16.1 Å². The number of alkyl halides is 2. The maximum Gasteiger partial charge on any atom is 0.336 e. The van der Waals surface area contributed by atoms with Crippen LogP contribution in [-0.2, 0) is 0 Å². The second kappa shape index (κ2) is 5.60. The topological polar surface area (TPSA) is 61.2 Å². The number of hydrogen-bond acceptors (Lipinski definition) is 4. The Kier molecular flexibility index (Phi) is 3.88. The molecule has 0 bridgehead atoms. The standard InChI is InChI=1S/C13H10F2N2O3/c1-20-10-6-11(19)17(13(14)15)16-12(10)9-4-2-8(7-18)3-5-9/h2-7,13H,1H3. The fraction of sp³-hybridized carbons (Fsp3) is 0.154. The van der Waals surface area contributed by atoms with Crippen LogP contribution in [0.5, 0.6) is 5.75 Å². The molecule has 1 heterocycles. The van der Waals surface area contributed by atoms with Crippen LogP contribution >= 0.6 is 0 Å². The first-order valence-electron chi connectivity index (χ1n) is 5.58. The summed E-state index contributed by atoms with van der Waals surface area (Å²) in [4.78, 5) is 22.0. The van der Waals surface area contributed by atoms with Crippen LogP contribution < -0.4 is 10.3 Å². The van der Waals surface area contributed by atoms with Gasteiger partial charge in [-0.3, -0.25) is 9.59 Å². The van der Waals surface area contributed by atoms with Crippen molar-refractivity contribution in [2.45, 2.75) is 6.55 Å². The molecular formula is C13H10F2N2O3. The lowest BCUT2D eigenvalue weighted by Crippen LogP contribution is -2.23. The van der Waals surface area contributed by atoms with E-state index < -0.39 is 12.1 Å². The Labute approximate surface area is 112 Å². The minimum atomic E-state index is -3.04. The Morgan fingerprint density at radius 2 is 1.95 bits per heavy atom. The minimum absolute atomic E-state index is 0.0749. The molecule has 0 unspecified atom stereocenters. The van der Waals surface area contributed by atoms with Gasteiger partial charge >= 0.3 is 6.55 Å². The van der Waals surface area contributed by atoms with Crippen LogP contribution in [0.15, 0.2) is 35.1 Å². The predicted octanol–water partition coefficient (Wildman–Crippen LogP) is 2.13. The predicted molar refractivity (Wildman–Crippen MR) is 67.1 cm³/mol. The number of nitrogens with zero attached hydrogens (tertiary/aromatic N) is 2. The van der Waals surface area contributed by atoms with Crippen molar-refractivity contribution in [2.75, 3.05) is 7.11 Å². The third-order valence-corrected chi connectivity index (χ3v) is 2.65. The van der Waals surface area contributed by atoms with Gasteiger partial charge in [-0.25, -0.2) is 0 Å². The van der Waals surface area contributed by atoms with Crippen LogP contribution in [0.4, 0.5) is 8.78 Å². The monoisotopic (exact) mass is 280 g/mol. The zero-order chi connectivity index (χ0) is 14.7. The molecule has 0 amide bonds. The maximum absolute atomic E-state index is 12.7. The summed E-state index contributed by atoms with van der Waals surface area (Å²) in [6.07, 6.45) is 0.661. The summed E-state index contributed by atoms with van der Waals surface area (Å²) >= 11 is 0.